The van der Waals surface area contributed by atoms with Gasteiger partial charge in [-0.25, -0.2) is 4.98 Å². The zero-order valence-corrected chi connectivity index (χ0v) is 12.3. The van der Waals surface area contributed by atoms with E-state index in [-0.39, 0.29) is 15.9 Å². The van der Waals surface area contributed by atoms with Crippen LogP contribution in [-0.2, 0) is 0 Å². The van der Waals surface area contributed by atoms with Crippen LogP contribution < -0.4 is 5.32 Å². The molecule has 0 aliphatic rings. The lowest BCUT2D eigenvalue weighted by molar-refractivity contribution is 0.102. The maximum absolute atomic E-state index is 12.0. The number of carbonyl (C=O) groups is 1. The molecule has 0 saturated carbocycles. The Morgan fingerprint density at radius 3 is 2.21 bits per heavy atom. The Kier molecular flexibility index (Phi) is 4.53. The van der Waals surface area contributed by atoms with Crippen molar-refractivity contribution in [3.63, 3.8) is 0 Å². The van der Waals surface area contributed by atoms with Crippen LogP contribution in [0, 0.1) is 0 Å². The Hall–Kier alpha value is -1.00. The van der Waals surface area contributed by atoms with Gasteiger partial charge in [-0.15, -0.1) is 0 Å². The number of benzene rings is 1. The van der Waals surface area contributed by atoms with E-state index in [9.17, 15) is 4.79 Å². The molecule has 1 heterocycles. The molecule has 1 amide bonds. The highest BCUT2D eigenvalue weighted by Gasteiger charge is 2.11. The summed E-state index contributed by atoms with van der Waals surface area (Å²) in [6.45, 7) is 0. The molecule has 2 aromatic rings. The van der Waals surface area contributed by atoms with Crippen LogP contribution in [0.5, 0.6) is 0 Å². The number of rotatable bonds is 2. The molecular weight excluding hydrogens is 330 g/mol. The molecule has 3 nitrogen and oxygen atoms in total. The molecule has 0 radical (unpaired) electrons. The zero-order valence-electron chi connectivity index (χ0n) is 9.25. The molecule has 0 bridgehead atoms. The maximum atomic E-state index is 12.0. The summed E-state index contributed by atoms with van der Waals surface area (Å²) in [5.74, 6) is -0.393. The average molecular weight is 336 g/mol. The lowest BCUT2D eigenvalue weighted by Crippen LogP contribution is -2.12. The van der Waals surface area contributed by atoms with Gasteiger partial charge >= 0.3 is 0 Å². The van der Waals surface area contributed by atoms with Crippen LogP contribution >= 0.6 is 46.4 Å². The topological polar surface area (TPSA) is 42.0 Å². The van der Waals surface area contributed by atoms with Gasteiger partial charge in [0.1, 0.15) is 10.3 Å². The summed E-state index contributed by atoms with van der Waals surface area (Å²) in [5, 5.41) is 3.74. The minimum Gasteiger partial charge on any atom is -0.321 e. The van der Waals surface area contributed by atoms with Gasteiger partial charge in [0.2, 0.25) is 0 Å². The Balaban J connectivity index is 2.25. The lowest BCUT2D eigenvalue weighted by Gasteiger charge is -2.08. The fourth-order valence-corrected chi connectivity index (χ4v) is 2.30. The Bertz CT molecular complexity index is 625. The van der Waals surface area contributed by atoms with E-state index < -0.39 is 5.91 Å². The summed E-state index contributed by atoms with van der Waals surface area (Å²) in [6.07, 6.45) is 0. The van der Waals surface area contributed by atoms with Crippen molar-refractivity contribution in [2.24, 2.45) is 0 Å². The number of nitrogens with one attached hydrogen (secondary N) is 1. The second-order valence-corrected chi connectivity index (χ2v) is 5.20. The molecular formula is C12H6Cl4N2O. The van der Waals surface area contributed by atoms with E-state index in [0.717, 1.165) is 0 Å². The van der Waals surface area contributed by atoms with E-state index >= 15 is 0 Å². The Morgan fingerprint density at radius 1 is 1.00 bits per heavy atom. The number of amides is 1. The number of nitrogens with zero attached hydrogens (tertiary/aromatic N) is 1. The van der Waals surface area contributed by atoms with Crippen LogP contribution in [0.2, 0.25) is 20.4 Å². The van der Waals surface area contributed by atoms with Crippen LogP contribution in [0.1, 0.15) is 10.4 Å². The number of halogens is 4. The highest BCUT2D eigenvalue weighted by molar-refractivity contribution is 6.37. The molecule has 19 heavy (non-hydrogen) atoms. The molecule has 7 heteroatoms. The average Bonchev–Trinajstić information content (AvgIpc) is 2.31. The van der Waals surface area contributed by atoms with Crippen molar-refractivity contribution < 1.29 is 4.79 Å². The summed E-state index contributed by atoms with van der Waals surface area (Å²) < 4.78 is 0. The molecule has 0 spiro atoms. The normalized spacial score (nSPS) is 10.3. The van der Waals surface area contributed by atoms with Gasteiger partial charge in [-0.1, -0.05) is 46.4 Å². The predicted octanol–water partition coefficient (Wildman–Crippen LogP) is 4.95. The predicted molar refractivity (Wildman–Crippen MR) is 78.7 cm³/mol. The van der Waals surface area contributed by atoms with Crippen LogP contribution in [0.15, 0.2) is 30.3 Å². The van der Waals surface area contributed by atoms with Gasteiger partial charge in [-0.3, -0.25) is 4.79 Å². The first kappa shape index (κ1) is 14.4. The molecule has 1 aromatic heterocycles. The third-order valence-electron chi connectivity index (χ3n) is 2.20. The second-order valence-electron chi connectivity index (χ2n) is 3.58. The second kappa shape index (κ2) is 5.97. The van der Waals surface area contributed by atoms with Gasteiger partial charge < -0.3 is 5.32 Å². The van der Waals surface area contributed by atoms with Crippen molar-refractivity contribution in [3.05, 3.63) is 56.2 Å². The molecule has 0 atom stereocenters. The van der Waals surface area contributed by atoms with Crippen molar-refractivity contribution in [3.8, 4) is 0 Å². The summed E-state index contributed by atoms with van der Waals surface area (Å²) in [5.41, 5.74) is 0.733. The van der Waals surface area contributed by atoms with E-state index in [2.05, 4.69) is 10.3 Å². The maximum Gasteiger partial charge on any atom is 0.255 e. The summed E-state index contributed by atoms with van der Waals surface area (Å²) in [6, 6.07) is 7.58. The SMILES string of the molecule is O=C(Nc1ccc(Cl)cc1Cl)c1cc(Cl)nc(Cl)c1. The molecule has 98 valence electrons. The number of hydrogen-bond donors (Lipinski definition) is 1. The van der Waals surface area contributed by atoms with Crippen molar-refractivity contribution in [1.29, 1.82) is 0 Å². The van der Waals surface area contributed by atoms with Gasteiger partial charge in [0.15, 0.2) is 0 Å². The number of carbonyl (C=O) groups excluding carboxylic acids is 1. The molecule has 0 saturated heterocycles. The fourth-order valence-electron chi connectivity index (χ4n) is 1.38. The minimum absolute atomic E-state index is 0.139. The molecule has 0 aliphatic heterocycles. The zero-order chi connectivity index (χ0) is 14.0. The number of aromatic nitrogens is 1. The van der Waals surface area contributed by atoms with E-state index in [4.69, 9.17) is 46.4 Å². The first-order chi connectivity index (χ1) is 8.95. The largest absolute Gasteiger partial charge is 0.321 e. The number of anilines is 1. The highest BCUT2D eigenvalue weighted by atomic mass is 35.5. The summed E-state index contributed by atoms with van der Waals surface area (Å²) in [4.78, 5) is 15.8. The third-order valence-corrected chi connectivity index (χ3v) is 3.14. The first-order valence-electron chi connectivity index (χ1n) is 5.05. The molecule has 0 aliphatic carbocycles. The smallest absolute Gasteiger partial charge is 0.255 e. The Labute approximate surface area is 129 Å². The summed E-state index contributed by atoms with van der Waals surface area (Å²) in [7, 11) is 0. The molecule has 2 rings (SSSR count). The van der Waals surface area contributed by atoms with Gasteiger partial charge in [-0.2, -0.15) is 0 Å². The minimum atomic E-state index is -0.393. The first-order valence-corrected chi connectivity index (χ1v) is 6.56. The third kappa shape index (κ3) is 3.74. The quantitative estimate of drug-likeness (QED) is 0.789. The Morgan fingerprint density at radius 2 is 1.63 bits per heavy atom. The van der Waals surface area contributed by atoms with Gasteiger partial charge in [0.25, 0.3) is 5.91 Å². The van der Waals surface area contributed by atoms with Crippen LogP contribution in [0.4, 0.5) is 5.69 Å². The number of hydrogen-bond acceptors (Lipinski definition) is 2. The molecule has 1 aromatic carbocycles. The molecule has 0 fully saturated rings. The van der Waals surface area contributed by atoms with E-state index in [1.807, 2.05) is 0 Å². The fraction of sp³-hybridized carbons (Fsp3) is 0. The van der Waals surface area contributed by atoms with Gasteiger partial charge in [-0.05, 0) is 30.3 Å². The van der Waals surface area contributed by atoms with Crippen molar-refractivity contribution in [2.45, 2.75) is 0 Å². The van der Waals surface area contributed by atoms with Crippen molar-refractivity contribution >= 4 is 58.0 Å². The standard InChI is InChI=1S/C12H6Cl4N2O/c13-7-1-2-9(8(14)5-7)17-12(19)6-3-10(15)18-11(16)4-6/h1-5H,(H,17,19). The van der Waals surface area contributed by atoms with Gasteiger partial charge in [0.05, 0.1) is 10.7 Å². The highest BCUT2D eigenvalue weighted by Crippen LogP contribution is 2.26. The van der Waals surface area contributed by atoms with Gasteiger partial charge in [0, 0.05) is 10.6 Å². The van der Waals surface area contributed by atoms with Crippen molar-refractivity contribution in [1.82, 2.24) is 4.98 Å². The molecule has 1 N–H and O–H groups in total. The van der Waals surface area contributed by atoms with E-state index in [1.165, 1.54) is 18.2 Å². The lowest BCUT2D eigenvalue weighted by atomic mass is 10.2. The van der Waals surface area contributed by atoms with Crippen LogP contribution in [-0.4, -0.2) is 10.9 Å². The number of pyridine rings is 1. The van der Waals surface area contributed by atoms with Crippen LogP contribution in [0.3, 0.4) is 0 Å². The van der Waals surface area contributed by atoms with Crippen molar-refractivity contribution in [2.75, 3.05) is 5.32 Å². The summed E-state index contributed by atoms with van der Waals surface area (Å²) >= 11 is 23.2. The van der Waals surface area contributed by atoms with E-state index in [0.29, 0.717) is 15.7 Å². The van der Waals surface area contributed by atoms with Crippen LogP contribution in [0.25, 0.3) is 0 Å². The molecule has 0 unspecified atom stereocenters. The van der Waals surface area contributed by atoms with E-state index in [1.54, 1.807) is 12.1 Å². The monoisotopic (exact) mass is 334 g/mol.